The Morgan fingerprint density at radius 2 is 1.95 bits per heavy atom. The first-order valence-electron chi connectivity index (χ1n) is 13.4. The molecule has 1 aliphatic heterocycles. The fourth-order valence-electron chi connectivity index (χ4n) is 5.38. The first-order chi connectivity index (χ1) is 20.5. The lowest BCUT2D eigenvalue weighted by Crippen LogP contribution is -2.30. The summed E-state index contributed by atoms with van der Waals surface area (Å²) in [6.45, 7) is 3.35. The number of aromatic nitrogens is 5. The predicted octanol–water partition coefficient (Wildman–Crippen LogP) is 5.59. The fourth-order valence-corrected chi connectivity index (χ4v) is 5.54. The normalized spacial score (nSPS) is 18.1. The van der Waals surface area contributed by atoms with Crippen LogP contribution in [0, 0.1) is 31.5 Å². The molecule has 2 amide bonds. The summed E-state index contributed by atoms with van der Waals surface area (Å²) < 4.78 is 46.7. The van der Waals surface area contributed by atoms with Gasteiger partial charge >= 0.3 is 6.61 Å². The van der Waals surface area contributed by atoms with Crippen LogP contribution in [0.4, 0.5) is 24.7 Å². The van der Waals surface area contributed by atoms with Crippen molar-refractivity contribution in [2.75, 3.05) is 16.8 Å². The van der Waals surface area contributed by atoms with Gasteiger partial charge in [0.15, 0.2) is 5.82 Å². The molecule has 4 heterocycles. The van der Waals surface area contributed by atoms with Gasteiger partial charge in [0.05, 0.1) is 46.6 Å². The molecule has 0 bridgehead atoms. The molecular formula is C29H25ClF3N7O3. The van der Waals surface area contributed by atoms with Crippen molar-refractivity contribution in [3.8, 4) is 17.0 Å². The number of nitrogens with one attached hydrogen (secondary N) is 1. The molecule has 2 fully saturated rings. The minimum atomic E-state index is -3.22. The van der Waals surface area contributed by atoms with Crippen LogP contribution < -0.4 is 15.0 Å². The van der Waals surface area contributed by atoms with E-state index in [2.05, 4.69) is 30.1 Å². The molecule has 2 aliphatic rings. The van der Waals surface area contributed by atoms with Gasteiger partial charge in [-0.1, -0.05) is 11.6 Å². The highest BCUT2D eigenvalue weighted by molar-refractivity contribution is 6.31. The lowest BCUT2D eigenvalue weighted by atomic mass is 10.0. The monoisotopic (exact) mass is 611 g/mol. The Balaban J connectivity index is 1.20. The summed E-state index contributed by atoms with van der Waals surface area (Å²) >= 11 is 5.85. The second-order valence-corrected chi connectivity index (χ2v) is 11.0. The number of benzene rings is 1. The number of piperidine rings is 1. The van der Waals surface area contributed by atoms with Crippen LogP contribution in [-0.4, -0.2) is 49.7 Å². The maximum Gasteiger partial charge on any atom is 0.387 e. The van der Waals surface area contributed by atoms with Gasteiger partial charge in [-0.3, -0.25) is 24.2 Å². The number of halogens is 4. The topological polar surface area (TPSA) is 115 Å². The molecule has 222 valence electrons. The summed E-state index contributed by atoms with van der Waals surface area (Å²) in [4.78, 5) is 40.0. The van der Waals surface area contributed by atoms with Gasteiger partial charge in [-0.05, 0) is 61.9 Å². The molecule has 1 aliphatic carbocycles. The van der Waals surface area contributed by atoms with Crippen LogP contribution >= 0.6 is 11.6 Å². The van der Waals surface area contributed by atoms with E-state index < -0.39 is 29.6 Å². The number of anilines is 2. The molecular weight excluding hydrogens is 587 g/mol. The van der Waals surface area contributed by atoms with Gasteiger partial charge in [-0.2, -0.15) is 13.9 Å². The zero-order valence-electron chi connectivity index (χ0n) is 23.2. The van der Waals surface area contributed by atoms with E-state index in [0.717, 1.165) is 47.6 Å². The van der Waals surface area contributed by atoms with E-state index in [4.69, 9.17) is 11.6 Å². The van der Waals surface area contributed by atoms with Gasteiger partial charge in [0.2, 0.25) is 5.91 Å². The summed E-state index contributed by atoms with van der Waals surface area (Å²) in [5.41, 5.74) is 2.29. The van der Waals surface area contributed by atoms with Crippen molar-refractivity contribution < 1.29 is 27.5 Å². The predicted molar refractivity (Wildman–Crippen MR) is 151 cm³/mol. The van der Waals surface area contributed by atoms with Crippen molar-refractivity contribution in [3.63, 3.8) is 0 Å². The van der Waals surface area contributed by atoms with Gasteiger partial charge in [-0.15, -0.1) is 0 Å². The lowest BCUT2D eigenvalue weighted by Gasteiger charge is -2.23. The summed E-state index contributed by atoms with van der Waals surface area (Å²) in [6.07, 6.45) is 8.06. The Hall–Kier alpha value is -4.52. The van der Waals surface area contributed by atoms with E-state index in [9.17, 15) is 22.8 Å². The molecule has 14 heteroatoms. The van der Waals surface area contributed by atoms with Crippen LogP contribution in [0.1, 0.15) is 46.6 Å². The molecule has 1 saturated heterocycles. The SMILES string of the molecule is Cc1c(C(C)n2cc(NC(=O)c3cncc(-c4c(OC(F)F)ccc(Cl)c4F)n3)cn2)cnc(N2C[C@H]3C[C@H]3C2=O)c1C. The average molecular weight is 612 g/mol. The molecule has 1 aromatic carbocycles. The third-order valence-electron chi connectivity index (χ3n) is 7.94. The van der Waals surface area contributed by atoms with E-state index in [0.29, 0.717) is 24.0 Å². The summed E-state index contributed by atoms with van der Waals surface area (Å²) in [5.74, 6) is -0.827. The number of ether oxygens (including phenoxy) is 1. The van der Waals surface area contributed by atoms with Crippen molar-refractivity contribution in [1.82, 2.24) is 24.7 Å². The van der Waals surface area contributed by atoms with E-state index in [1.54, 1.807) is 22.0 Å². The molecule has 1 unspecified atom stereocenters. The maximum atomic E-state index is 14.8. The Kier molecular flexibility index (Phi) is 7.28. The Bertz CT molecular complexity index is 1770. The number of fused-ring (bicyclic) bond motifs is 1. The Morgan fingerprint density at radius 1 is 1.16 bits per heavy atom. The van der Waals surface area contributed by atoms with Crippen LogP contribution in [0.3, 0.4) is 0 Å². The lowest BCUT2D eigenvalue weighted by molar-refractivity contribution is -0.118. The molecule has 3 atom stereocenters. The average Bonchev–Trinajstić information content (AvgIpc) is 3.48. The number of hydrogen-bond donors (Lipinski definition) is 1. The summed E-state index contributed by atoms with van der Waals surface area (Å²) in [5, 5.41) is 6.71. The zero-order chi connectivity index (χ0) is 30.6. The molecule has 1 saturated carbocycles. The highest BCUT2D eigenvalue weighted by atomic mass is 35.5. The van der Waals surface area contributed by atoms with Crippen molar-refractivity contribution in [3.05, 3.63) is 76.3 Å². The van der Waals surface area contributed by atoms with Gasteiger partial charge in [-0.25, -0.2) is 14.4 Å². The van der Waals surface area contributed by atoms with E-state index in [1.165, 1.54) is 6.20 Å². The van der Waals surface area contributed by atoms with Gasteiger partial charge in [0, 0.05) is 24.9 Å². The summed E-state index contributed by atoms with van der Waals surface area (Å²) in [7, 11) is 0. The van der Waals surface area contributed by atoms with E-state index in [-0.39, 0.29) is 34.3 Å². The maximum absolute atomic E-state index is 14.8. The van der Waals surface area contributed by atoms with Gasteiger partial charge < -0.3 is 10.1 Å². The highest BCUT2D eigenvalue weighted by Crippen LogP contribution is 2.47. The van der Waals surface area contributed by atoms with Crippen molar-refractivity contribution >= 4 is 34.9 Å². The summed E-state index contributed by atoms with van der Waals surface area (Å²) in [6, 6.07) is 1.90. The Labute approximate surface area is 248 Å². The van der Waals surface area contributed by atoms with E-state index in [1.807, 2.05) is 20.8 Å². The molecule has 43 heavy (non-hydrogen) atoms. The second-order valence-electron chi connectivity index (χ2n) is 10.6. The first kappa shape index (κ1) is 28.6. The Morgan fingerprint density at radius 3 is 2.67 bits per heavy atom. The smallest absolute Gasteiger partial charge is 0.387 e. The fraction of sp³-hybridized carbons (Fsp3) is 0.310. The van der Waals surface area contributed by atoms with Gasteiger partial charge in [0.25, 0.3) is 5.91 Å². The van der Waals surface area contributed by atoms with Crippen LogP contribution in [0.5, 0.6) is 5.75 Å². The molecule has 3 aromatic heterocycles. The molecule has 0 radical (unpaired) electrons. The minimum absolute atomic E-state index is 0.140. The van der Waals surface area contributed by atoms with Crippen LogP contribution in [0.25, 0.3) is 11.3 Å². The van der Waals surface area contributed by atoms with Gasteiger partial charge in [0.1, 0.15) is 17.3 Å². The largest absolute Gasteiger partial charge is 0.434 e. The van der Waals surface area contributed by atoms with Crippen molar-refractivity contribution in [2.45, 2.75) is 39.8 Å². The van der Waals surface area contributed by atoms with Crippen molar-refractivity contribution in [2.24, 2.45) is 11.8 Å². The highest BCUT2D eigenvalue weighted by Gasteiger charge is 2.53. The van der Waals surface area contributed by atoms with Crippen LogP contribution in [0.2, 0.25) is 5.02 Å². The molecule has 10 nitrogen and oxygen atoms in total. The first-order valence-corrected chi connectivity index (χ1v) is 13.8. The standard InChI is InChI=1S/C29H25ClF3N7O3/c1-13-14(2)26(39-11-16-6-18(16)28(39)42)35-8-19(13)15(3)40-12-17(7-36-40)37-27(41)22-10-34-9-21(38-22)24-23(43-29(32)33)5-4-20(30)25(24)31/h4-5,7-10,12,15-16,18,29H,6,11H2,1-3H3,(H,37,41)/t15?,16-,18-/m1/s1. The number of amides is 2. The third kappa shape index (κ3) is 5.29. The van der Waals surface area contributed by atoms with Crippen LogP contribution in [0.15, 0.2) is 43.1 Å². The third-order valence-corrected chi connectivity index (χ3v) is 8.23. The quantitative estimate of drug-likeness (QED) is 0.276. The second kappa shape index (κ2) is 11.0. The minimum Gasteiger partial charge on any atom is -0.434 e. The number of carbonyl (C=O) groups is 2. The number of nitrogens with zero attached hydrogens (tertiary/aromatic N) is 6. The number of alkyl halides is 2. The number of pyridine rings is 1. The molecule has 4 aromatic rings. The van der Waals surface area contributed by atoms with E-state index >= 15 is 0 Å². The number of carbonyl (C=O) groups excluding carboxylic acids is 2. The number of rotatable bonds is 8. The molecule has 6 rings (SSSR count). The molecule has 0 spiro atoms. The number of hydrogen-bond acceptors (Lipinski definition) is 7. The van der Waals surface area contributed by atoms with Crippen molar-refractivity contribution in [1.29, 1.82) is 0 Å². The van der Waals surface area contributed by atoms with Crippen LogP contribution in [-0.2, 0) is 4.79 Å². The molecule has 1 N–H and O–H groups in total. The zero-order valence-corrected chi connectivity index (χ0v) is 23.9.